The Hall–Kier alpha value is -1.87. The van der Waals surface area contributed by atoms with E-state index in [1.165, 1.54) is 0 Å². The number of rotatable bonds is 5. The third kappa shape index (κ3) is 3.36. The third-order valence-electron chi connectivity index (χ3n) is 2.99. The summed E-state index contributed by atoms with van der Waals surface area (Å²) in [4.78, 5) is 0. The number of ether oxygens (including phenoxy) is 1. The lowest BCUT2D eigenvalue weighted by Crippen LogP contribution is -2.03. The Bertz CT molecular complexity index is 579. The van der Waals surface area contributed by atoms with Gasteiger partial charge in [-0.2, -0.15) is 0 Å². The van der Waals surface area contributed by atoms with E-state index in [9.17, 15) is 5.11 Å². The molecule has 2 N–H and O–H groups in total. The van der Waals surface area contributed by atoms with Crippen LogP contribution in [0, 0.1) is 6.92 Å². The summed E-state index contributed by atoms with van der Waals surface area (Å²) in [5.74, 6) is 0.995. The highest BCUT2D eigenvalue weighted by molar-refractivity contribution is 6.31. The molecule has 0 atom stereocenters. The van der Waals surface area contributed by atoms with Gasteiger partial charge in [-0.3, -0.25) is 0 Å². The molecule has 3 nitrogen and oxygen atoms in total. The summed E-state index contributed by atoms with van der Waals surface area (Å²) in [5.41, 5.74) is 2.70. The molecule has 0 fully saturated rings. The van der Waals surface area contributed by atoms with Crippen LogP contribution < -0.4 is 10.1 Å². The maximum absolute atomic E-state index is 9.83. The van der Waals surface area contributed by atoms with Gasteiger partial charge in [0.15, 0.2) is 0 Å². The van der Waals surface area contributed by atoms with Gasteiger partial charge in [-0.1, -0.05) is 23.7 Å². The van der Waals surface area contributed by atoms with Gasteiger partial charge >= 0.3 is 0 Å². The maximum Gasteiger partial charge on any atom is 0.142 e. The minimum atomic E-state index is 0.190. The van der Waals surface area contributed by atoms with Crippen molar-refractivity contribution in [3.05, 3.63) is 52.5 Å². The normalized spacial score (nSPS) is 10.3. The smallest absolute Gasteiger partial charge is 0.142 e. The second-order valence-electron chi connectivity index (χ2n) is 4.52. The van der Waals surface area contributed by atoms with E-state index < -0.39 is 0 Å². The minimum absolute atomic E-state index is 0.190. The fraction of sp³-hybridized carbons (Fsp3) is 0.250. The molecule has 2 aromatic carbocycles. The average molecular weight is 292 g/mol. The lowest BCUT2D eigenvalue weighted by atomic mass is 10.1. The van der Waals surface area contributed by atoms with Crippen molar-refractivity contribution in [3.8, 4) is 11.5 Å². The second kappa shape index (κ2) is 6.53. The van der Waals surface area contributed by atoms with Crippen LogP contribution in [0.25, 0.3) is 0 Å². The van der Waals surface area contributed by atoms with Crippen LogP contribution in [0.3, 0.4) is 0 Å². The first kappa shape index (κ1) is 14.5. The molecule has 2 aromatic rings. The fourth-order valence-electron chi connectivity index (χ4n) is 1.96. The zero-order valence-electron chi connectivity index (χ0n) is 11.6. The van der Waals surface area contributed by atoms with E-state index in [-0.39, 0.29) is 5.75 Å². The predicted molar refractivity (Wildman–Crippen MR) is 82.8 cm³/mol. The number of aryl methyl sites for hydroxylation is 1. The van der Waals surface area contributed by atoms with Crippen LogP contribution in [0.2, 0.25) is 5.02 Å². The molecule has 20 heavy (non-hydrogen) atoms. The number of aromatic hydroxyl groups is 1. The zero-order chi connectivity index (χ0) is 14.5. The van der Waals surface area contributed by atoms with E-state index in [1.54, 1.807) is 18.2 Å². The predicted octanol–water partition coefficient (Wildman–Crippen LogP) is 4.36. The van der Waals surface area contributed by atoms with E-state index in [1.807, 2.05) is 32.0 Å². The van der Waals surface area contributed by atoms with Gasteiger partial charge in [0.25, 0.3) is 0 Å². The molecule has 0 saturated carbocycles. The van der Waals surface area contributed by atoms with Gasteiger partial charge < -0.3 is 15.2 Å². The first-order valence-corrected chi connectivity index (χ1v) is 6.93. The molecule has 0 bridgehead atoms. The lowest BCUT2D eigenvalue weighted by molar-refractivity contribution is 0.341. The third-order valence-corrected chi connectivity index (χ3v) is 3.34. The van der Waals surface area contributed by atoms with Gasteiger partial charge in [0.1, 0.15) is 11.5 Å². The molecule has 106 valence electrons. The molecule has 0 aliphatic rings. The number of halogens is 1. The van der Waals surface area contributed by atoms with E-state index in [4.69, 9.17) is 16.3 Å². The molecular formula is C16H18ClNO2. The van der Waals surface area contributed by atoms with Crippen LogP contribution in [0.5, 0.6) is 11.5 Å². The number of hydrogen-bond donors (Lipinski definition) is 2. The van der Waals surface area contributed by atoms with E-state index in [0.29, 0.717) is 23.7 Å². The van der Waals surface area contributed by atoms with Crippen molar-refractivity contribution in [2.45, 2.75) is 20.4 Å². The van der Waals surface area contributed by atoms with E-state index in [2.05, 4.69) is 5.32 Å². The van der Waals surface area contributed by atoms with Crippen molar-refractivity contribution in [2.75, 3.05) is 11.9 Å². The zero-order valence-corrected chi connectivity index (χ0v) is 12.4. The number of phenolic OH excluding ortho intramolecular Hbond substituents is 1. The van der Waals surface area contributed by atoms with Crippen molar-refractivity contribution in [1.29, 1.82) is 0 Å². The van der Waals surface area contributed by atoms with Gasteiger partial charge in [0.05, 0.1) is 12.3 Å². The van der Waals surface area contributed by atoms with Crippen LogP contribution in [-0.4, -0.2) is 11.7 Å². The van der Waals surface area contributed by atoms with Crippen LogP contribution in [0.4, 0.5) is 5.69 Å². The molecule has 0 unspecified atom stereocenters. The van der Waals surface area contributed by atoms with Gasteiger partial charge in [-0.25, -0.2) is 0 Å². The number of hydrogen-bond acceptors (Lipinski definition) is 3. The molecule has 0 aliphatic carbocycles. The Balaban J connectivity index is 2.18. The summed E-state index contributed by atoms with van der Waals surface area (Å²) in [7, 11) is 0. The summed E-state index contributed by atoms with van der Waals surface area (Å²) in [6.45, 7) is 5.02. The molecular weight excluding hydrogens is 274 g/mol. The van der Waals surface area contributed by atoms with Gasteiger partial charge in [-0.05, 0) is 43.7 Å². The monoisotopic (exact) mass is 291 g/mol. The molecule has 0 aromatic heterocycles. The lowest BCUT2D eigenvalue weighted by Gasteiger charge is -2.14. The van der Waals surface area contributed by atoms with E-state index >= 15 is 0 Å². The van der Waals surface area contributed by atoms with Crippen LogP contribution in [0.15, 0.2) is 36.4 Å². The Labute approximate surface area is 124 Å². The summed E-state index contributed by atoms with van der Waals surface area (Å²) < 4.78 is 5.61. The van der Waals surface area contributed by atoms with Crippen molar-refractivity contribution >= 4 is 17.3 Å². The number of phenols is 1. The van der Waals surface area contributed by atoms with Crippen molar-refractivity contribution in [2.24, 2.45) is 0 Å². The fourth-order valence-corrected chi connectivity index (χ4v) is 2.19. The maximum atomic E-state index is 9.83. The topological polar surface area (TPSA) is 41.5 Å². The van der Waals surface area contributed by atoms with Crippen molar-refractivity contribution in [1.82, 2.24) is 0 Å². The molecule has 0 radical (unpaired) electrons. The molecule has 2 rings (SSSR count). The van der Waals surface area contributed by atoms with Crippen LogP contribution in [0.1, 0.15) is 18.1 Å². The molecule has 0 saturated heterocycles. The SMILES string of the molecule is CCOc1cc(C)ccc1NCc1c(O)cccc1Cl. The molecule has 4 heteroatoms. The largest absolute Gasteiger partial charge is 0.508 e. The molecule has 0 amide bonds. The summed E-state index contributed by atoms with van der Waals surface area (Å²) in [6.07, 6.45) is 0. The summed E-state index contributed by atoms with van der Waals surface area (Å²) in [6, 6.07) is 11.1. The highest BCUT2D eigenvalue weighted by Gasteiger charge is 2.08. The van der Waals surface area contributed by atoms with Crippen LogP contribution >= 0.6 is 11.6 Å². The van der Waals surface area contributed by atoms with Crippen molar-refractivity contribution in [3.63, 3.8) is 0 Å². The summed E-state index contributed by atoms with van der Waals surface area (Å²) in [5, 5.41) is 13.6. The first-order valence-electron chi connectivity index (χ1n) is 6.55. The van der Waals surface area contributed by atoms with Gasteiger partial charge in [0.2, 0.25) is 0 Å². The highest BCUT2D eigenvalue weighted by atomic mass is 35.5. The Morgan fingerprint density at radius 2 is 2.05 bits per heavy atom. The standard InChI is InChI=1S/C16H18ClNO2/c1-3-20-16-9-11(2)7-8-14(16)18-10-12-13(17)5-4-6-15(12)19/h4-9,18-19H,3,10H2,1-2H3. The Kier molecular flexibility index (Phi) is 4.74. The number of anilines is 1. The van der Waals surface area contributed by atoms with Crippen LogP contribution in [-0.2, 0) is 6.54 Å². The van der Waals surface area contributed by atoms with Crippen molar-refractivity contribution < 1.29 is 9.84 Å². The van der Waals surface area contributed by atoms with E-state index in [0.717, 1.165) is 17.0 Å². The number of nitrogens with one attached hydrogen (secondary N) is 1. The average Bonchev–Trinajstić information content (AvgIpc) is 2.40. The second-order valence-corrected chi connectivity index (χ2v) is 4.93. The Morgan fingerprint density at radius 1 is 1.25 bits per heavy atom. The summed E-state index contributed by atoms with van der Waals surface area (Å²) >= 11 is 6.09. The minimum Gasteiger partial charge on any atom is -0.508 e. The van der Waals surface area contributed by atoms with Gasteiger partial charge in [0, 0.05) is 17.1 Å². The molecule has 0 heterocycles. The quantitative estimate of drug-likeness (QED) is 0.860. The molecule has 0 aliphatic heterocycles. The Morgan fingerprint density at radius 3 is 2.75 bits per heavy atom. The number of benzene rings is 2. The molecule has 0 spiro atoms. The first-order chi connectivity index (χ1) is 9.61. The highest BCUT2D eigenvalue weighted by Crippen LogP contribution is 2.29. The van der Waals surface area contributed by atoms with Gasteiger partial charge in [-0.15, -0.1) is 0 Å².